The van der Waals surface area contributed by atoms with Crippen LogP contribution in [-0.4, -0.2) is 0 Å². The van der Waals surface area contributed by atoms with Crippen LogP contribution in [0.3, 0.4) is 0 Å². The molecule has 0 heteroatoms. The first-order chi connectivity index (χ1) is 8.41. The number of rotatable bonds is 12. The van der Waals surface area contributed by atoms with Crippen molar-refractivity contribution >= 4 is 0 Å². The van der Waals surface area contributed by atoms with E-state index >= 15 is 0 Å². The maximum absolute atomic E-state index is 3.73. The van der Waals surface area contributed by atoms with Crippen LogP contribution in [0.5, 0.6) is 0 Å². The Labute approximate surface area is 109 Å². The molecule has 0 atom stereocenters. The van der Waals surface area contributed by atoms with Gasteiger partial charge in [-0.3, -0.25) is 0 Å². The smallest absolute Gasteiger partial charge is 0.0348 e. The Morgan fingerprint density at radius 2 is 1.18 bits per heavy atom. The number of hydrogen-bond acceptors (Lipinski definition) is 0. The van der Waals surface area contributed by atoms with Gasteiger partial charge in [0.2, 0.25) is 0 Å². The van der Waals surface area contributed by atoms with E-state index in [-0.39, 0.29) is 0 Å². The Morgan fingerprint density at radius 3 is 1.71 bits per heavy atom. The molecule has 0 amide bonds. The fraction of sp³-hybridized carbons (Fsp3) is 0.647. The average Bonchev–Trinajstić information content (AvgIpc) is 2.35. The van der Waals surface area contributed by atoms with Gasteiger partial charge in [-0.05, 0) is 51.4 Å². The van der Waals surface area contributed by atoms with Crippen molar-refractivity contribution in [3.05, 3.63) is 37.0 Å². The van der Waals surface area contributed by atoms with E-state index in [2.05, 4.69) is 37.8 Å². The molecular formula is C17H30. The molecule has 0 aliphatic rings. The standard InChI is InChI=1S/C17H30/c1-3-5-7-9-11-13-15-17-16-14-12-10-8-6-4-2/h3,8,10-11,13H,1,4-7,9,12,14-17H2,2H3/b10-8+,13-11+. The van der Waals surface area contributed by atoms with Gasteiger partial charge in [-0.25, -0.2) is 0 Å². The summed E-state index contributed by atoms with van der Waals surface area (Å²) in [5.41, 5.74) is 0. The second kappa shape index (κ2) is 15.2. The molecule has 0 aromatic carbocycles. The topological polar surface area (TPSA) is 0 Å². The van der Waals surface area contributed by atoms with Crippen LogP contribution >= 0.6 is 0 Å². The normalized spacial score (nSPS) is 11.6. The number of hydrogen-bond donors (Lipinski definition) is 0. The zero-order chi connectivity index (χ0) is 12.6. The van der Waals surface area contributed by atoms with E-state index in [0.717, 1.165) is 6.42 Å². The fourth-order valence-electron chi connectivity index (χ4n) is 1.72. The van der Waals surface area contributed by atoms with Gasteiger partial charge < -0.3 is 0 Å². The van der Waals surface area contributed by atoms with Crippen molar-refractivity contribution in [3.8, 4) is 0 Å². The lowest BCUT2D eigenvalue weighted by molar-refractivity contribution is 0.693. The van der Waals surface area contributed by atoms with Gasteiger partial charge in [0.1, 0.15) is 0 Å². The summed E-state index contributed by atoms with van der Waals surface area (Å²) < 4.78 is 0. The van der Waals surface area contributed by atoms with E-state index in [0.29, 0.717) is 0 Å². The second-order valence-corrected chi connectivity index (χ2v) is 4.59. The maximum Gasteiger partial charge on any atom is -0.0348 e. The molecule has 0 rings (SSSR count). The summed E-state index contributed by atoms with van der Waals surface area (Å²) in [6.45, 7) is 5.95. The van der Waals surface area contributed by atoms with Crippen LogP contribution in [0.4, 0.5) is 0 Å². The molecule has 0 radical (unpaired) electrons. The SMILES string of the molecule is C=CCCC/C=C/CCCCC/C=C/CCC. The highest BCUT2D eigenvalue weighted by Crippen LogP contribution is 2.06. The molecule has 0 fully saturated rings. The molecule has 98 valence electrons. The summed E-state index contributed by atoms with van der Waals surface area (Å²) in [5.74, 6) is 0. The summed E-state index contributed by atoms with van der Waals surface area (Å²) in [6.07, 6.45) is 24.0. The molecule has 0 heterocycles. The second-order valence-electron chi connectivity index (χ2n) is 4.59. The Hall–Kier alpha value is -0.780. The molecule has 0 saturated carbocycles. The van der Waals surface area contributed by atoms with E-state index in [1.54, 1.807) is 0 Å². The summed E-state index contributed by atoms with van der Waals surface area (Å²) in [4.78, 5) is 0. The molecule has 0 aliphatic carbocycles. The van der Waals surface area contributed by atoms with Crippen LogP contribution in [0.2, 0.25) is 0 Å². The highest BCUT2D eigenvalue weighted by Gasteiger charge is 1.86. The minimum absolute atomic E-state index is 1.15. The van der Waals surface area contributed by atoms with Gasteiger partial charge in [0, 0.05) is 0 Å². The third-order valence-electron chi connectivity index (χ3n) is 2.81. The molecular weight excluding hydrogens is 204 g/mol. The molecule has 0 unspecified atom stereocenters. The van der Waals surface area contributed by atoms with Crippen molar-refractivity contribution in [3.63, 3.8) is 0 Å². The van der Waals surface area contributed by atoms with Crippen molar-refractivity contribution in [1.82, 2.24) is 0 Å². The van der Waals surface area contributed by atoms with Gasteiger partial charge in [0.05, 0.1) is 0 Å². The largest absolute Gasteiger partial charge is 0.103 e. The summed E-state index contributed by atoms with van der Waals surface area (Å²) in [7, 11) is 0. The fourth-order valence-corrected chi connectivity index (χ4v) is 1.72. The molecule has 0 bridgehead atoms. The van der Waals surface area contributed by atoms with Gasteiger partial charge in [0.15, 0.2) is 0 Å². The molecule has 0 N–H and O–H groups in total. The number of allylic oxidation sites excluding steroid dienone is 5. The van der Waals surface area contributed by atoms with Gasteiger partial charge >= 0.3 is 0 Å². The minimum Gasteiger partial charge on any atom is -0.103 e. The quantitative estimate of drug-likeness (QED) is 0.278. The zero-order valence-electron chi connectivity index (χ0n) is 11.7. The van der Waals surface area contributed by atoms with Crippen LogP contribution in [0.1, 0.15) is 71.1 Å². The molecule has 0 nitrogen and oxygen atoms in total. The summed E-state index contributed by atoms with van der Waals surface area (Å²) in [5, 5.41) is 0. The first kappa shape index (κ1) is 16.2. The Bertz CT molecular complexity index is 198. The minimum atomic E-state index is 1.15. The van der Waals surface area contributed by atoms with Crippen LogP contribution in [0.15, 0.2) is 37.0 Å². The predicted octanol–water partition coefficient (Wildman–Crippen LogP) is 6.21. The molecule has 0 aromatic heterocycles. The maximum atomic E-state index is 3.73. The lowest BCUT2D eigenvalue weighted by Gasteiger charge is -1.95. The van der Waals surface area contributed by atoms with E-state index < -0.39 is 0 Å². The number of unbranched alkanes of at least 4 members (excludes halogenated alkanes) is 7. The third-order valence-corrected chi connectivity index (χ3v) is 2.81. The van der Waals surface area contributed by atoms with Crippen molar-refractivity contribution in [2.75, 3.05) is 0 Å². The van der Waals surface area contributed by atoms with Crippen molar-refractivity contribution in [2.45, 2.75) is 71.1 Å². The predicted molar refractivity (Wildman–Crippen MR) is 80.3 cm³/mol. The van der Waals surface area contributed by atoms with Gasteiger partial charge in [-0.1, -0.05) is 50.1 Å². The monoisotopic (exact) mass is 234 g/mol. The highest BCUT2D eigenvalue weighted by molar-refractivity contribution is 4.83. The average molecular weight is 234 g/mol. The van der Waals surface area contributed by atoms with E-state index in [9.17, 15) is 0 Å². The Morgan fingerprint density at radius 1 is 0.647 bits per heavy atom. The lowest BCUT2D eigenvalue weighted by atomic mass is 10.1. The summed E-state index contributed by atoms with van der Waals surface area (Å²) in [6, 6.07) is 0. The van der Waals surface area contributed by atoms with Crippen LogP contribution in [0.25, 0.3) is 0 Å². The van der Waals surface area contributed by atoms with Crippen LogP contribution in [0, 0.1) is 0 Å². The van der Waals surface area contributed by atoms with Crippen molar-refractivity contribution in [2.24, 2.45) is 0 Å². The first-order valence-corrected chi connectivity index (χ1v) is 7.32. The molecule has 17 heavy (non-hydrogen) atoms. The first-order valence-electron chi connectivity index (χ1n) is 7.32. The molecule has 0 aliphatic heterocycles. The van der Waals surface area contributed by atoms with E-state index in [1.165, 1.54) is 57.8 Å². The summed E-state index contributed by atoms with van der Waals surface area (Å²) >= 11 is 0. The molecule has 0 saturated heterocycles. The van der Waals surface area contributed by atoms with Gasteiger partial charge in [0.25, 0.3) is 0 Å². The van der Waals surface area contributed by atoms with Gasteiger partial charge in [-0.15, -0.1) is 6.58 Å². The third kappa shape index (κ3) is 15.2. The van der Waals surface area contributed by atoms with E-state index in [4.69, 9.17) is 0 Å². The van der Waals surface area contributed by atoms with Crippen molar-refractivity contribution in [1.29, 1.82) is 0 Å². The van der Waals surface area contributed by atoms with Crippen molar-refractivity contribution < 1.29 is 0 Å². The molecule has 0 aromatic rings. The Kier molecular flexibility index (Phi) is 14.5. The zero-order valence-corrected chi connectivity index (χ0v) is 11.7. The van der Waals surface area contributed by atoms with E-state index in [1.807, 2.05) is 6.08 Å². The molecule has 0 spiro atoms. The Balaban J connectivity index is 3.09. The lowest BCUT2D eigenvalue weighted by Crippen LogP contribution is -1.75. The van der Waals surface area contributed by atoms with Crippen LogP contribution in [-0.2, 0) is 0 Å². The highest BCUT2D eigenvalue weighted by atomic mass is 13.9. The van der Waals surface area contributed by atoms with Crippen LogP contribution < -0.4 is 0 Å². The van der Waals surface area contributed by atoms with Gasteiger partial charge in [-0.2, -0.15) is 0 Å².